The summed E-state index contributed by atoms with van der Waals surface area (Å²) in [4.78, 5) is 19.3. The van der Waals surface area contributed by atoms with Crippen molar-refractivity contribution < 1.29 is 0 Å². The zero-order valence-corrected chi connectivity index (χ0v) is 15.5. The van der Waals surface area contributed by atoms with Gasteiger partial charge in [-0.15, -0.1) is 12.4 Å². The molecular weight excluding hydrogens is 348 g/mol. The van der Waals surface area contributed by atoms with Crippen molar-refractivity contribution in [2.24, 2.45) is 0 Å². The van der Waals surface area contributed by atoms with Crippen molar-refractivity contribution >= 4 is 40.2 Å². The van der Waals surface area contributed by atoms with Crippen LogP contribution in [0.15, 0.2) is 55.1 Å². The van der Waals surface area contributed by atoms with Crippen LogP contribution in [0.5, 0.6) is 0 Å². The second kappa shape index (κ2) is 8.21. The Morgan fingerprint density at radius 2 is 1.46 bits per heavy atom. The second-order valence-corrected chi connectivity index (χ2v) is 6.31. The number of piperazine rings is 1. The van der Waals surface area contributed by atoms with E-state index in [1.165, 1.54) is 5.69 Å². The number of halogens is 1. The second-order valence-electron chi connectivity index (χ2n) is 6.31. The third kappa shape index (κ3) is 3.98. The number of fused-ring (bicyclic) bond motifs is 2. The van der Waals surface area contributed by atoms with Crippen LogP contribution in [0.3, 0.4) is 0 Å². The van der Waals surface area contributed by atoms with Gasteiger partial charge in [-0.1, -0.05) is 12.1 Å². The van der Waals surface area contributed by atoms with Crippen LogP contribution >= 0.6 is 12.4 Å². The van der Waals surface area contributed by atoms with Crippen molar-refractivity contribution in [1.82, 2.24) is 24.8 Å². The smallest absolute Gasteiger partial charge is 0.0931 e. The number of anilines is 1. The Morgan fingerprint density at radius 1 is 0.808 bits per heavy atom. The largest absolute Gasteiger partial charge is 0.369 e. The number of benzene rings is 2. The maximum Gasteiger partial charge on any atom is 0.0931 e. The van der Waals surface area contributed by atoms with Gasteiger partial charge >= 0.3 is 0 Å². The van der Waals surface area contributed by atoms with Crippen molar-refractivity contribution in [3.8, 4) is 0 Å². The molecule has 4 aromatic rings. The van der Waals surface area contributed by atoms with E-state index in [-0.39, 0.29) is 12.4 Å². The molecule has 1 aliphatic rings. The van der Waals surface area contributed by atoms with E-state index in [2.05, 4.69) is 55.0 Å². The minimum Gasteiger partial charge on any atom is -0.369 e. The molecule has 6 nitrogen and oxygen atoms in total. The first kappa shape index (κ1) is 18.2. The summed E-state index contributed by atoms with van der Waals surface area (Å²) in [6.07, 6.45) is 3.45. The molecule has 7 heteroatoms. The summed E-state index contributed by atoms with van der Waals surface area (Å²) >= 11 is 0. The van der Waals surface area contributed by atoms with Gasteiger partial charge in [-0.25, -0.2) is 9.97 Å². The van der Waals surface area contributed by atoms with Crippen LogP contribution in [0.4, 0.5) is 5.69 Å². The molecule has 3 heterocycles. The van der Waals surface area contributed by atoms with Crippen molar-refractivity contribution in [1.29, 1.82) is 0 Å². The topological polar surface area (TPSA) is 63.8 Å². The number of H-pyrrole nitrogens is 2. The SMILES string of the molecule is CN1CCN(c2ccc3nc[nH]c3c2)CC1.Cl.c1ccc2[nH]cnc2c1. The van der Waals surface area contributed by atoms with E-state index in [9.17, 15) is 0 Å². The summed E-state index contributed by atoms with van der Waals surface area (Å²) in [6, 6.07) is 14.4. The van der Waals surface area contributed by atoms with Gasteiger partial charge in [0.25, 0.3) is 0 Å². The molecule has 5 rings (SSSR count). The predicted molar refractivity (Wildman–Crippen MR) is 109 cm³/mol. The maximum atomic E-state index is 4.23. The normalized spacial score (nSPS) is 14.7. The average Bonchev–Trinajstić information content (AvgIpc) is 3.31. The number of likely N-dealkylation sites (N-methyl/N-ethyl adjacent to an activating group) is 1. The van der Waals surface area contributed by atoms with Crippen LogP contribution in [0.2, 0.25) is 0 Å². The van der Waals surface area contributed by atoms with E-state index in [1.807, 2.05) is 24.3 Å². The molecule has 0 aliphatic carbocycles. The van der Waals surface area contributed by atoms with Crippen LogP contribution in [-0.4, -0.2) is 58.1 Å². The molecule has 2 aromatic heterocycles. The third-order valence-corrected chi connectivity index (χ3v) is 4.60. The molecule has 0 amide bonds. The highest BCUT2D eigenvalue weighted by Crippen LogP contribution is 2.20. The number of aromatic nitrogens is 4. The first-order valence-electron chi connectivity index (χ1n) is 8.54. The van der Waals surface area contributed by atoms with Gasteiger partial charge in [0, 0.05) is 31.9 Å². The Balaban J connectivity index is 0.000000167. The quantitative estimate of drug-likeness (QED) is 0.539. The van der Waals surface area contributed by atoms with Gasteiger partial charge in [-0.05, 0) is 37.4 Å². The standard InChI is InChI=1S/C12H16N4.C7H6N2.ClH/c1-15-4-6-16(7-5-15)10-2-3-11-12(8-10)14-9-13-11;1-2-4-7-6(3-1)8-5-9-7;/h2-3,8-9H,4-7H2,1H3,(H,13,14);1-5H,(H,8,9);1H. The highest BCUT2D eigenvalue weighted by molar-refractivity contribution is 5.85. The summed E-state index contributed by atoms with van der Waals surface area (Å²) in [5.41, 5.74) is 5.58. The van der Waals surface area contributed by atoms with E-state index in [0.717, 1.165) is 48.2 Å². The summed E-state index contributed by atoms with van der Waals surface area (Å²) in [5, 5.41) is 0. The number of hydrogen-bond acceptors (Lipinski definition) is 4. The van der Waals surface area contributed by atoms with Gasteiger partial charge in [-0.3, -0.25) is 0 Å². The zero-order valence-electron chi connectivity index (χ0n) is 14.7. The number of para-hydroxylation sites is 2. The lowest BCUT2D eigenvalue weighted by Crippen LogP contribution is -2.44. The van der Waals surface area contributed by atoms with Gasteiger partial charge < -0.3 is 19.8 Å². The highest BCUT2D eigenvalue weighted by atomic mass is 35.5. The summed E-state index contributed by atoms with van der Waals surface area (Å²) in [7, 11) is 2.18. The number of nitrogens with zero attached hydrogens (tertiary/aromatic N) is 4. The lowest BCUT2D eigenvalue weighted by molar-refractivity contribution is 0.313. The van der Waals surface area contributed by atoms with Crippen LogP contribution in [0, 0.1) is 0 Å². The fourth-order valence-electron chi connectivity index (χ4n) is 3.06. The molecule has 0 atom stereocenters. The van der Waals surface area contributed by atoms with Gasteiger partial charge in [0.1, 0.15) is 0 Å². The Kier molecular flexibility index (Phi) is 5.75. The fourth-order valence-corrected chi connectivity index (χ4v) is 3.06. The Bertz CT molecular complexity index is 924. The molecule has 26 heavy (non-hydrogen) atoms. The first-order valence-corrected chi connectivity index (χ1v) is 8.54. The number of aromatic amines is 2. The third-order valence-electron chi connectivity index (χ3n) is 4.60. The van der Waals surface area contributed by atoms with Crippen molar-refractivity contribution in [2.75, 3.05) is 38.1 Å². The molecule has 0 spiro atoms. The van der Waals surface area contributed by atoms with E-state index in [0.29, 0.717) is 0 Å². The molecule has 1 saturated heterocycles. The Morgan fingerprint density at radius 3 is 2.19 bits per heavy atom. The van der Waals surface area contributed by atoms with Gasteiger partial charge in [0.15, 0.2) is 0 Å². The summed E-state index contributed by atoms with van der Waals surface area (Å²) in [5.74, 6) is 0. The number of rotatable bonds is 1. The van der Waals surface area contributed by atoms with Crippen LogP contribution in [0.25, 0.3) is 22.1 Å². The molecule has 0 saturated carbocycles. The zero-order chi connectivity index (χ0) is 17.1. The van der Waals surface area contributed by atoms with Gasteiger partial charge in [-0.2, -0.15) is 0 Å². The molecule has 136 valence electrons. The van der Waals surface area contributed by atoms with E-state index in [4.69, 9.17) is 0 Å². The van der Waals surface area contributed by atoms with E-state index in [1.54, 1.807) is 12.7 Å². The Labute approximate surface area is 158 Å². The molecule has 0 bridgehead atoms. The average molecular weight is 371 g/mol. The predicted octanol–water partition coefficient (Wildman–Crippen LogP) is 3.30. The summed E-state index contributed by atoms with van der Waals surface area (Å²) < 4.78 is 0. The minimum atomic E-state index is 0. The molecular formula is C19H23ClN6. The molecule has 1 fully saturated rings. The monoisotopic (exact) mass is 370 g/mol. The fraction of sp³-hybridized carbons (Fsp3) is 0.263. The molecule has 2 aromatic carbocycles. The lowest BCUT2D eigenvalue weighted by atomic mass is 10.2. The highest BCUT2D eigenvalue weighted by Gasteiger charge is 2.14. The van der Waals surface area contributed by atoms with Crippen LogP contribution < -0.4 is 4.90 Å². The summed E-state index contributed by atoms with van der Waals surface area (Å²) in [6.45, 7) is 4.49. The van der Waals surface area contributed by atoms with Crippen molar-refractivity contribution in [3.05, 3.63) is 55.1 Å². The number of imidazole rings is 2. The number of nitrogens with one attached hydrogen (secondary N) is 2. The van der Waals surface area contributed by atoms with Crippen molar-refractivity contribution in [3.63, 3.8) is 0 Å². The maximum absolute atomic E-state index is 4.23. The molecule has 1 aliphatic heterocycles. The van der Waals surface area contributed by atoms with E-state index < -0.39 is 0 Å². The number of hydrogen-bond donors (Lipinski definition) is 2. The van der Waals surface area contributed by atoms with Gasteiger partial charge in [0.2, 0.25) is 0 Å². The van der Waals surface area contributed by atoms with E-state index >= 15 is 0 Å². The molecule has 2 N–H and O–H groups in total. The van der Waals surface area contributed by atoms with Crippen LogP contribution in [0.1, 0.15) is 0 Å². The first-order chi connectivity index (χ1) is 12.3. The minimum absolute atomic E-state index is 0. The Hall–Kier alpha value is -2.57. The molecule has 0 radical (unpaired) electrons. The van der Waals surface area contributed by atoms with Crippen LogP contribution in [-0.2, 0) is 0 Å². The molecule has 0 unspecified atom stereocenters. The lowest BCUT2D eigenvalue weighted by Gasteiger charge is -2.34. The van der Waals surface area contributed by atoms with Crippen molar-refractivity contribution in [2.45, 2.75) is 0 Å². The van der Waals surface area contributed by atoms with Gasteiger partial charge in [0.05, 0.1) is 34.7 Å².